The average Bonchev–Trinajstić information content (AvgIpc) is 2.98. The summed E-state index contributed by atoms with van der Waals surface area (Å²) in [4.78, 5) is 39.8. The van der Waals surface area contributed by atoms with Gasteiger partial charge in [0.25, 0.3) is 0 Å². The van der Waals surface area contributed by atoms with Gasteiger partial charge in [0.1, 0.15) is 0 Å². The van der Waals surface area contributed by atoms with Crippen molar-refractivity contribution in [2.45, 2.75) is 33.1 Å². The Labute approximate surface area is 147 Å². The summed E-state index contributed by atoms with van der Waals surface area (Å²) in [6, 6.07) is 5.96. The summed E-state index contributed by atoms with van der Waals surface area (Å²) in [7, 11) is 0. The lowest BCUT2D eigenvalue weighted by atomic mass is 9.96. The zero-order valence-corrected chi connectivity index (χ0v) is 14.7. The molecule has 0 bridgehead atoms. The highest BCUT2D eigenvalue weighted by atomic mass is 16.4. The molecule has 0 unspecified atom stereocenters. The van der Waals surface area contributed by atoms with Crippen LogP contribution in [-0.4, -0.2) is 47.4 Å². The van der Waals surface area contributed by atoms with Crippen LogP contribution in [0.2, 0.25) is 0 Å². The smallest absolute Gasteiger partial charge is 0.308 e. The molecule has 2 amide bonds. The molecule has 2 saturated heterocycles. The fourth-order valence-corrected chi connectivity index (χ4v) is 3.75. The molecule has 1 aromatic rings. The first-order valence-electron chi connectivity index (χ1n) is 8.76. The van der Waals surface area contributed by atoms with Gasteiger partial charge in [0.2, 0.25) is 11.8 Å². The fraction of sp³-hybridized carbons (Fsp3) is 0.526. The van der Waals surface area contributed by atoms with Crippen molar-refractivity contribution in [1.82, 2.24) is 4.90 Å². The number of carbonyl (C=O) groups is 3. The highest BCUT2D eigenvalue weighted by Gasteiger charge is 2.39. The number of carboxylic acid groups (broad SMARTS) is 1. The predicted molar refractivity (Wildman–Crippen MR) is 93.3 cm³/mol. The number of anilines is 1. The van der Waals surface area contributed by atoms with Gasteiger partial charge in [-0.05, 0) is 43.9 Å². The molecule has 1 aromatic carbocycles. The van der Waals surface area contributed by atoms with E-state index in [1.807, 2.05) is 32.0 Å². The van der Waals surface area contributed by atoms with Gasteiger partial charge in [-0.25, -0.2) is 0 Å². The zero-order chi connectivity index (χ0) is 18.1. The van der Waals surface area contributed by atoms with E-state index in [1.165, 1.54) is 0 Å². The molecule has 1 N–H and O–H groups in total. The van der Waals surface area contributed by atoms with Crippen LogP contribution in [0.4, 0.5) is 5.69 Å². The average molecular weight is 344 g/mol. The molecule has 134 valence electrons. The number of amides is 2. The lowest BCUT2D eigenvalue weighted by molar-refractivity contribution is -0.146. The van der Waals surface area contributed by atoms with E-state index >= 15 is 0 Å². The van der Waals surface area contributed by atoms with Crippen molar-refractivity contribution in [3.63, 3.8) is 0 Å². The van der Waals surface area contributed by atoms with Crippen LogP contribution in [0, 0.1) is 25.7 Å². The third-order valence-electron chi connectivity index (χ3n) is 5.21. The summed E-state index contributed by atoms with van der Waals surface area (Å²) >= 11 is 0. The maximum Gasteiger partial charge on any atom is 0.308 e. The fourth-order valence-electron chi connectivity index (χ4n) is 3.75. The van der Waals surface area contributed by atoms with Gasteiger partial charge in [-0.3, -0.25) is 14.4 Å². The number of nitrogens with zero attached hydrogens (tertiary/aromatic N) is 2. The van der Waals surface area contributed by atoms with Crippen LogP contribution in [0.5, 0.6) is 0 Å². The predicted octanol–water partition coefficient (Wildman–Crippen LogP) is 1.98. The number of likely N-dealkylation sites (tertiary alicyclic amines) is 1. The lowest BCUT2D eigenvalue weighted by Crippen LogP contribution is -2.45. The van der Waals surface area contributed by atoms with E-state index in [-0.39, 0.29) is 30.7 Å². The number of benzene rings is 1. The number of piperidine rings is 1. The van der Waals surface area contributed by atoms with Crippen molar-refractivity contribution < 1.29 is 19.5 Å². The van der Waals surface area contributed by atoms with Crippen molar-refractivity contribution in [2.24, 2.45) is 11.8 Å². The molecule has 2 heterocycles. The van der Waals surface area contributed by atoms with Crippen LogP contribution in [0.25, 0.3) is 0 Å². The monoisotopic (exact) mass is 344 g/mol. The van der Waals surface area contributed by atoms with Gasteiger partial charge >= 0.3 is 5.97 Å². The Bertz CT molecular complexity index is 715. The van der Waals surface area contributed by atoms with Crippen LogP contribution < -0.4 is 4.90 Å². The maximum absolute atomic E-state index is 12.8. The van der Waals surface area contributed by atoms with Crippen LogP contribution in [-0.2, 0) is 14.4 Å². The normalized spacial score (nSPS) is 23.8. The second kappa shape index (κ2) is 6.86. The van der Waals surface area contributed by atoms with E-state index in [4.69, 9.17) is 0 Å². The van der Waals surface area contributed by atoms with Crippen molar-refractivity contribution in [3.8, 4) is 0 Å². The Morgan fingerprint density at radius 2 is 1.92 bits per heavy atom. The highest BCUT2D eigenvalue weighted by molar-refractivity contribution is 6.01. The topological polar surface area (TPSA) is 77.9 Å². The van der Waals surface area contributed by atoms with Gasteiger partial charge in [0.05, 0.1) is 11.8 Å². The number of carbonyl (C=O) groups excluding carboxylic acids is 2. The minimum atomic E-state index is -0.850. The summed E-state index contributed by atoms with van der Waals surface area (Å²) in [5, 5.41) is 9.19. The third kappa shape index (κ3) is 3.52. The second-order valence-corrected chi connectivity index (χ2v) is 7.16. The van der Waals surface area contributed by atoms with E-state index in [1.54, 1.807) is 9.80 Å². The third-order valence-corrected chi connectivity index (χ3v) is 5.21. The molecule has 2 atom stereocenters. The van der Waals surface area contributed by atoms with E-state index in [9.17, 15) is 19.5 Å². The number of carboxylic acids is 1. The van der Waals surface area contributed by atoms with Gasteiger partial charge in [-0.2, -0.15) is 0 Å². The first kappa shape index (κ1) is 17.5. The Kier molecular flexibility index (Phi) is 4.79. The summed E-state index contributed by atoms with van der Waals surface area (Å²) < 4.78 is 0. The Balaban J connectivity index is 1.72. The molecule has 0 aromatic heterocycles. The summed E-state index contributed by atoms with van der Waals surface area (Å²) in [5.41, 5.74) is 2.95. The first-order chi connectivity index (χ1) is 11.9. The molecule has 0 aliphatic carbocycles. The molecular weight excluding hydrogens is 320 g/mol. The van der Waals surface area contributed by atoms with Crippen molar-refractivity contribution in [2.75, 3.05) is 24.5 Å². The SMILES string of the molecule is Cc1ccc(C)c(N2C[C@@H](C(=O)N3CCC[C@H](C(=O)O)C3)CC2=O)c1. The van der Waals surface area contributed by atoms with Crippen molar-refractivity contribution in [1.29, 1.82) is 0 Å². The minimum Gasteiger partial charge on any atom is -0.481 e. The summed E-state index contributed by atoms with van der Waals surface area (Å²) in [5.74, 6) is -1.87. The van der Waals surface area contributed by atoms with Gasteiger partial charge in [-0.15, -0.1) is 0 Å². The largest absolute Gasteiger partial charge is 0.481 e. The number of hydrogen-bond donors (Lipinski definition) is 1. The number of rotatable bonds is 3. The van der Waals surface area contributed by atoms with E-state index in [0.29, 0.717) is 25.9 Å². The Morgan fingerprint density at radius 3 is 2.64 bits per heavy atom. The molecule has 2 fully saturated rings. The molecule has 0 spiro atoms. The van der Waals surface area contributed by atoms with E-state index in [0.717, 1.165) is 16.8 Å². The molecule has 2 aliphatic heterocycles. The van der Waals surface area contributed by atoms with Crippen LogP contribution in [0.1, 0.15) is 30.4 Å². The quantitative estimate of drug-likeness (QED) is 0.909. The number of aliphatic carboxylic acids is 1. The first-order valence-corrected chi connectivity index (χ1v) is 8.76. The highest BCUT2D eigenvalue weighted by Crippen LogP contribution is 2.30. The zero-order valence-electron chi connectivity index (χ0n) is 14.7. The van der Waals surface area contributed by atoms with Gasteiger partial charge < -0.3 is 14.9 Å². The molecular formula is C19H24N2O4. The van der Waals surface area contributed by atoms with Crippen LogP contribution in [0.3, 0.4) is 0 Å². The van der Waals surface area contributed by atoms with Crippen LogP contribution >= 0.6 is 0 Å². The van der Waals surface area contributed by atoms with E-state index < -0.39 is 11.9 Å². The summed E-state index contributed by atoms with van der Waals surface area (Å²) in [6.45, 7) is 5.14. The molecule has 6 nitrogen and oxygen atoms in total. The Hall–Kier alpha value is -2.37. The minimum absolute atomic E-state index is 0.0427. The molecule has 0 radical (unpaired) electrons. The van der Waals surface area contributed by atoms with E-state index in [2.05, 4.69) is 0 Å². The van der Waals surface area contributed by atoms with Gasteiger partial charge in [-0.1, -0.05) is 12.1 Å². The number of aryl methyl sites for hydroxylation is 2. The molecule has 6 heteroatoms. The molecule has 3 rings (SSSR count). The molecule has 2 aliphatic rings. The lowest BCUT2D eigenvalue weighted by Gasteiger charge is -2.32. The van der Waals surface area contributed by atoms with Crippen molar-refractivity contribution in [3.05, 3.63) is 29.3 Å². The van der Waals surface area contributed by atoms with Gasteiger partial charge in [0, 0.05) is 31.7 Å². The van der Waals surface area contributed by atoms with Gasteiger partial charge in [0.15, 0.2) is 0 Å². The standard InChI is InChI=1S/C19H24N2O4/c1-12-5-6-13(2)16(8-12)21-11-15(9-17(21)22)18(23)20-7-3-4-14(10-20)19(24)25/h5-6,8,14-15H,3-4,7,9-11H2,1-2H3,(H,24,25)/t14-,15-/m0/s1. The van der Waals surface area contributed by atoms with Crippen LogP contribution in [0.15, 0.2) is 18.2 Å². The molecule has 25 heavy (non-hydrogen) atoms. The maximum atomic E-state index is 12.8. The number of hydrogen-bond acceptors (Lipinski definition) is 3. The van der Waals surface area contributed by atoms with Crippen molar-refractivity contribution >= 4 is 23.5 Å². The summed E-state index contributed by atoms with van der Waals surface area (Å²) in [6.07, 6.45) is 1.50. The Morgan fingerprint density at radius 1 is 1.16 bits per heavy atom. The second-order valence-electron chi connectivity index (χ2n) is 7.16. The molecule has 0 saturated carbocycles.